The summed E-state index contributed by atoms with van der Waals surface area (Å²) in [5, 5.41) is 0. The second-order valence-electron chi connectivity index (χ2n) is 9.48. The molecule has 0 amide bonds. The minimum atomic E-state index is 0.443. The Labute approximate surface area is 169 Å². The Hall–Kier alpha value is -1.72. The molecule has 2 aromatic carbocycles. The molecule has 0 bridgehead atoms. The van der Waals surface area contributed by atoms with Gasteiger partial charge in [0.15, 0.2) is 0 Å². The van der Waals surface area contributed by atoms with Gasteiger partial charge in [0.2, 0.25) is 0 Å². The first-order valence-electron chi connectivity index (χ1n) is 10.4. The first-order chi connectivity index (χ1) is 13.3. The molecule has 4 nitrogen and oxygen atoms in total. The zero-order valence-corrected chi connectivity index (χ0v) is 17.7. The summed E-state index contributed by atoms with van der Waals surface area (Å²) in [5.41, 5.74) is 5.50. The van der Waals surface area contributed by atoms with E-state index in [0.29, 0.717) is 12.2 Å². The normalized spacial score (nSPS) is 21.6. The zero-order valence-electron chi connectivity index (χ0n) is 17.7. The van der Waals surface area contributed by atoms with Gasteiger partial charge in [0.25, 0.3) is 0 Å². The van der Waals surface area contributed by atoms with E-state index in [4.69, 9.17) is 9.47 Å². The molecule has 4 rings (SSSR count). The standard InChI is InChI=1S/C24H34N2O2/c1-25(2,15-23-17-27-23)21-11-7-19(8-12-21)5-6-20-9-13-22(14-10-20)26(3,4)16-24-18-28-24/h7-14,23-24H,5-6,15-18H2,1-4H3/q+2. The van der Waals surface area contributed by atoms with Gasteiger partial charge in [-0.1, -0.05) is 24.3 Å². The predicted molar refractivity (Wildman–Crippen MR) is 117 cm³/mol. The third-order valence-electron chi connectivity index (χ3n) is 6.10. The van der Waals surface area contributed by atoms with Crippen molar-refractivity contribution in [2.45, 2.75) is 25.0 Å². The highest BCUT2D eigenvalue weighted by molar-refractivity contribution is 5.45. The van der Waals surface area contributed by atoms with Crippen molar-refractivity contribution in [1.29, 1.82) is 0 Å². The molecule has 2 aliphatic rings. The van der Waals surface area contributed by atoms with Crippen LogP contribution in [-0.2, 0) is 22.3 Å². The summed E-state index contributed by atoms with van der Waals surface area (Å²) in [6, 6.07) is 18.3. The summed E-state index contributed by atoms with van der Waals surface area (Å²) < 4.78 is 12.6. The van der Waals surface area contributed by atoms with E-state index in [1.165, 1.54) is 22.5 Å². The molecular weight excluding hydrogens is 348 g/mol. The number of hydrogen-bond donors (Lipinski definition) is 0. The van der Waals surface area contributed by atoms with Crippen LogP contribution in [0, 0.1) is 0 Å². The number of benzene rings is 2. The average Bonchev–Trinajstić information content (AvgIpc) is 3.58. The molecule has 2 fully saturated rings. The monoisotopic (exact) mass is 382 g/mol. The van der Waals surface area contributed by atoms with Crippen molar-refractivity contribution < 1.29 is 9.47 Å². The molecule has 2 atom stereocenters. The molecule has 2 aliphatic heterocycles. The highest BCUT2D eigenvalue weighted by Gasteiger charge is 2.33. The number of likely N-dealkylation sites (N-methyl/N-ethyl adjacent to an activating group) is 2. The van der Waals surface area contributed by atoms with Crippen LogP contribution in [-0.4, -0.2) is 66.7 Å². The van der Waals surface area contributed by atoms with Crippen molar-refractivity contribution in [3.63, 3.8) is 0 Å². The van der Waals surface area contributed by atoms with E-state index in [1.54, 1.807) is 0 Å². The molecule has 0 aliphatic carbocycles. The minimum Gasteiger partial charge on any atom is -0.367 e. The quantitative estimate of drug-likeness (QED) is 0.491. The van der Waals surface area contributed by atoms with Crippen molar-refractivity contribution in [3.8, 4) is 0 Å². The Morgan fingerprint density at radius 1 is 0.643 bits per heavy atom. The van der Waals surface area contributed by atoms with E-state index in [1.807, 2.05) is 0 Å². The Morgan fingerprint density at radius 3 is 1.25 bits per heavy atom. The smallest absolute Gasteiger partial charge is 0.132 e. The summed E-state index contributed by atoms with van der Waals surface area (Å²) in [7, 11) is 9.03. The molecular formula is C24H34N2O2+2. The van der Waals surface area contributed by atoms with Crippen molar-refractivity contribution in [2.24, 2.45) is 0 Å². The predicted octanol–water partition coefficient (Wildman–Crippen LogP) is 3.40. The number of nitrogens with zero attached hydrogens (tertiary/aromatic N) is 2. The van der Waals surface area contributed by atoms with Crippen LogP contribution in [0.1, 0.15) is 11.1 Å². The number of quaternary nitrogens is 2. The Morgan fingerprint density at radius 2 is 0.964 bits per heavy atom. The SMILES string of the molecule is C[N+](C)(CC1CO1)c1ccc(CCc2ccc([N+](C)(C)CC3CO3)cc2)cc1. The molecule has 0 aromatic heterocycles. The molecule has 150 valence electrons. The zero-order chi connectivity index (χ0) is 19.8. The second kappa shape index (κ2) is 7.60. The van der Waals surface area contributed by atoms with Crippen LogP contribution in [0.2, 0.25) is 0 Å². The number of rotatable bonds is 9. The number of epoxide rings is 2. The third-order valence-corrected chi connectivity index (χ3v) is 6.10. The van der Waals surface area contributed by atoms with E-state index in [0.717, 1.165) is 48.1 Å². The van der Waals surface area contributed by atoms with Gasteiger partial charge < -0.3 is 9.47 Å². The Balaban J connectivity index is 1.32. The van der Waals surface area contributed by atoms with E-state index >= 15 is 0 Å². The highest BCUT2D eigenvalue weighted by atomic mass is 16.6. The third kappa shape index (κ3) is 5.00. The van der Waals surface area contributed by atoms with Gasteiger partial charge in [-0.05, 0) is 48.2 Å². The molecule has 0 radical (unpaired) electrons. The number of aryl methyl sites for hydroxylation is 2. The molecule has 0 N–H and O–H groups in total. The lowest BCUT2D eigenvalue weighted by atomic mass is 10.0. The van der Waals surface area contributed by atoms with Gasteiger partial charge in [-0.3, -0.25) is 8.97 Å². The molecule has 4 heteroatoms. The summed E-state index contributed by atoms with van der Waals surface area (Å²) in [6.07, 6.45) is 3.04. The number of ether oxygens (including phenoxy) is 2. The van der Waals surface area contributed by atoms with Crippen LogP contribution in [0.25, 0.3) is 0 Å². The summed E-state index contributed by atoms with van der Waals surface area (Å²) >= 11 is 0. The van der Waals surface area contributed by atoms with Crippen molar-refractivity contribution in [2.75, 3.05) is 54.5 Å². The van der Waals surface area contributed by atoms with E-state index in [-0.39, 0.29) is 0 Å². The number of hydrogen-bond acceptors (Lipinski definition) is 2. The van der Waals surface area contributed by atoms with Crippen LogP contribution >= 0.6 is 0 Å². The summed E-state index contributed by atoms with van der Waals surface area (Å²) in [5.74, 6) is 0. The molecule has 0 spiro atoms. The second-order valence-corrected chi connectivity index (χ2v) is 9.48. The van der Waals surface area contributed by atoms with Gasteiger partial charge in [0.05, 0.1) is 41.4 Å². The van der Waals surface area contributed by atoms with Gasteiger partial charge in [-0.25, -0.2) is 0 Å². The fraction of sp³-hybridized carbons (Fsp3) is 0.500. The van der Waals surface area contributed by atoms with Crippen LogP contribution in [0.5, 0.6) is 0 Å². The molecule has 2 saturated heterocycles. The van der Waals surface area contributed by atoms with Gasteiger partial charge >= 0.3 is 0 Å². The topological polar surface area (TPSA) is 25.1 Å². The molecule has 2 heterocycles. The molecule has 2 unspecified atom stereocenters. The Bertz CT molecular complexity index is 719. The lowest BCUT2D eigenvalue weighted by Gasteiger charge is -2.29. The fourth-order valence-corrected chi connectivity index (χ4v) is 4.00. The minimum absolute atomic E-state index is 0.443. The van der Waals surface area contributed by atoms with E-state index in [2.05, 4.69) is 76.7 Å². The van der Waals surface area contributed by atoms with E-state index < -0.39 is 0 Å². The average molecular weight is 383 g/mol. The lowest BCUT2D eigenvalue weighted by molar-refractivity contribution is 0.320. The fourth-order valence-electron chi connectivity index (χ4n) is 4.00. The van der Waals surface area contributed by atoms with Gasteiger partial charge in [-0.15, -0.1) is 0 Å². The van der Waals surface area contributed by atoms with Crippen LogP contribution < -0.4 is 8.97 Å². The van der Waals surface area contributed by atoms with E-state index in [9.17, 15) is 0 Å². The first-order valence-corrected chi connectivity index (χ1v) is 10.4. The lowest BCUT2D eigenvalue weighted by Crippen LogP contribution is -2.43. The van der Waals surface area contributed by atoms with Gasteiger partial charge in [-0.2, -0.15) is 0 Å². The van der Waals surface area contributed by atoms with Gasteiger partial charge in [0, 0.05) is 0 Å². The van der Waals surface area contributed by atoms with Crippen LogP contribution in [0.4, 0.5) is 11.4 Å². The van der Waals surface area contributed by atoms with Crippen LogP contribution in [0.15, 0.2) is 48.5 Å². The molecule has 0 saturated carbocycles. The summed E-state index contributed by atoms with van der Waals surface area (Å²) in [6.45, 7) is 3.94. The maximum atomic E-state index is 5.41. The highest BCUT2D eigenvalue weighted by Crippen LogP contribution is 2.25. The molecule has 2 aromatic rings. The first kappa shape index (κ1) is 19.6. The maximum absolute atomic E-state index is 5.41. The van der Waals surface area contributed by atoms with Crippen molar-refractivity contribution in [1.82, 2.24) is 8.97 Å². The maximum Gasteiger partial charge on any atom is 0.132 e. The van der Waals surface area contributed by atoms with Crippen LogP contribution in [0.3, 0.4) is 0 Å². The summed E-state index contributed by atoms with van der Waals surface area (Å²) in [4.78, 5) is 0. The largest absolute Gasteiger partial charge is 0.367 e. The molecule has 28 heavy (non-hydrogen) atoms. The Kier molecular flexibility index (Phi) is 5.32. The van der Waals surface area contributed by atoms with Crippen molar-refractivity contribution in [3.05, 3.63) is 59.7 Å². The van der Waals surface area contributed by atoms with Crippen molar-refractivity contribution >= 4 is 11.4 Å². The van der Waals surface area contributed by atoms with Gasteiger partial charge in [0.1, 0.15) is 36.7 Å².